The van der Waals surface area contributed by atoms with Gasteiger partial charge >= 0.3 is 0 Å². The van der Waals surface area contributed by atoms with E-state index in [1.54, 1.807) is 0 Å². The second-order valence-corrected chi connectivity index (χ2v) is 5.32. The van der Waals surface area contributed by atoms with Crippen LogP contribution in [0.4, 0.5) is 4.39 Å². The van der Waals surface area contributed by atoms with E-state index >= 15 is 0 Å². The topological polar surface area (TPSA) is 15.3 Å². The maximum atomic E-state index is 13.1. The zero-order valence-corrected chi connectivity index (χ0v) is 12.2. The molecule has 0 radical (unpaired) electrons. The molecule has 0 heterocycles. The largest absolute Gasteiger partial charge is 0.313 e. The minimum absolute atomic E-state index is 0.207. The zero-order valence-electron chi connectivity index (χ0n) is 10.6. The lowest BCUT2D eigenvalue weighted by Crippen LogP contribution is -2.39. The van der Waals surface area contributed by atoms with Crippen LogP contribution >= 0.6 is 15.9 Å². The lowest BCUT2D eigenvalue weighted by Gasteiger charge is -2.22. The highest BCUT2D eigenvalue weighted by Gasteiger charge is 2.10. The Balaban J connectivity index is 2.67. The van der Waals surface area contributed by atoms with Crippen LogP contribution in [0, 0.1) is 5.82 Å². The van der Waals surface area contributed by atoms with Crippen LogP contribution in [-0.2, 0) is 6.42 Å². The van der Waals surface area contributed by atoms with E-state index in [9.17, 15) is 4.39 Å². The van der Waals surface area contributed by atoms with Gasteiger partial charge in [0.15, 0.2) is 0 Å². The molecule has 1 aromatic rings. The van der Waals surface area contributed by atoms with Crippen LogP contribution in [0.15, 0.2) is 22.7 Å². The summed E-state index contributed by atoms with van der Waals surface area (Å²) in [4.78, 5) is 2.16. The maximum absolute atomic E-state index is 13.1. The summed E-state index contributed by atoms with van der Waals surface area (Å²) >= 11 is 3.22. The first-order valence-electron chi connectivity index (χ1n) is 5.85. The molecule has 1 atom stereocenters. The Morgan fingerprint density at radius 1 is 1.41 bits per heavy atom. The quantitative estimate of drug-likeness (QED) is 0.869. The molecule has 1 aromatic carbocycles. The average Bonchev–Trinajstić information content (AvgIpc) is 2.23. The van der Waals surface area contributed by atoms with E-state index in [0.717, 1.165) is 25.1 Å². The molecule has 0 spiro atoms. The van der Waals surface area contributed by atoms with Gasteiger partial charge in [0.05, 0.1) is 4.47 Å². The maximum Gasteiger partial charge on any atom is 0.137 e. The molecule has 1 N–H and O–H groups in total. The van der Waals surface area contributed by atoms with Gasteiger partial charge in [0.2, 0.25) is 0 Å². The molecule has 0 saturated carbocycles. The van der Waals surface area contributed by atoms with Gasteiger partial charge in [0.25, 0.3) is 0 Å². The Bertz CT molecular complexity index is 355. The smallest absolute Gasteiger partial charge is 0.137 e. The fraction of sp³-hybridized carbons (Fsp3) is 0.538. The number of hydrogen-bond acceptors (Lipinski definition) is 2. The molecule has 0 bridgehead atoms. The van der Waals surface area contributed by atoms with E-state index in [4.69, 9.17) is 0 Å². The summed E-state index contributed by atoms with van der Waals surface area (Å²) in [5.74, 6) is -0.207. The van der Waals surface area contributed by atoms with Crippen LogP contribution in [0.3, 0.4) is 0 Å². The van der Waals surface area contributed by atoms with Gasteiger partial charge in [-0.05, 0) is 60.7 Å². The minimum atomic E-state index is -0.207. The summed E-state index contributed by atoms with van der Waals surface area (Å²) in [5.41, 5.74) is 1.14. The van der Waals surface area contributed by atoms with Crippen LogP contribution in [0.2, 0.25) is 0 Å². The number of nitrogens with one attached hydrogen (secondary N) is 1. The first-order valence-corrected chi connectivity index (χ1v) is 6.64. The molecule has 4 heteroatoms. The molecule has 0 aliphatic heterocycles. The Morgan fingerprint density at radius 3 is 2.65 bits per heavy atom. The molecule has 2 nitrogen and oxygen atoms in total. The molecular formula is C13H20BrFN2. The molecular weight excluding hydrogens is 283 g/mol. The molecule has 0 aliphatic carbocycles. The fourth-order valence-electron chi connectivity index (χ4n) is 1.88. The van der Waals surface area contributed by atoms with E-state index in [1.807, 2.05) is 12.1 Å². The number of benzene rings is 1. The Morgan fingerprint density at radius 2 is 2.12 bits per heavy atom. The predicted molar refractivity (Wildman–Crippen MR) is 73.8 cm³/mol. The normalized spacial score (nSPS) is 13.1. The fourth-order valence-corrected chi connectivity index (χ4v) is 2.31. The molecule has 1 rings (SSSR count). The van der Waals surface area contributed by atoms with Crippen molar-refractivity contribution in [1.29, 1.82) is 0 Å². The van der Waals surface area contributed by atoms with Crippen molar-refractivity contribution in [2.45, 2.75) is 19.4 Å². The first kappa shape index (κ1) is 14.6. The van der Waals surface area contributed by atoms with Crippen molar-refractivity contribution in [3.8, 4) is 0 Å². The summed E-state index contributed by atoms with van der Waals surface area (Å²) in [5, 5.41) is 3.45. The average molecular weight is 303 g/mol. The van der Waals surface area contributed by atoms with E-state index in [0.29, 0.717) is 10.5 Å². The summed E-state index contributed by atoms with van der Waals surface area (Å²) in [6.07, 6.45) is 0.908. The minimum Gasteiger partial charge on any atom is -0.313 e. The highest BCUT2D eigenvalue weighted by Crippen LogP contribution is 2.17. The van der Waals surface area contributed by atoms with Crippen molar-refractivity contribution in [3.63, 3.8) is 0 Å². The zero-order chi connectivity index (χ0) is 12.8. The molecule has 0 amide bonds. The van der Waals surface area contributed by atoms with Crippen LogP contribution in [0.25, 0.3) is 0 Å². The summed E-state index contributed by atoms with van der Waals surface area (Å²) in [7, 11) is 4.12. The standard InChI is InChI=1S/C13H20BrFN2/c1-4-16-11(9-17(2)3)7-10-5-6-13(15)12(14)8-10/h5-6,8,11,16H,4,7,9H2,1-3H3. The van der Waals surface area contributed by atoms with Gasteiger partial charge in [-0.1, -0.05) is 13.0 Å². The van der Waals surface area contributed by atoms with Crippen LogP contribution in [-0.4, -0.2) is 38.1 Å². The number of hydrogen-bond donors (Lipinski definition) is 1. The molecule has 0 aromatic heterocycles. The highest BCUT2D eigenvalue weighted by molar-refractivity contribution is 9.10. The van der Waals surface area contributed by atoms with E-state index in [2.05, 4.69) is 47.2 Å². The van der Waals surface area contributed by atoms with Gasteiger partial charge in [-0.15, -0.1) is 0 Å². The van der Waals surface area contributed by atoms with Gasteiger partial charge in [0, 0.05) is 12.6 Å². The SMILES string of the molecule is CCNC(Cc1ccc(F)c(Br)c1)CN(C)C. The van der Waals surface area contributed by atoms with Crippen LogP contribution in [0.1, 0.15) is 12.5 Å². The summed E-state index contributed by atoms with van der Waals surface area (Å²) in [6.45, 7) is 4.02. The number of nitrogens with zero attached hydrogens (tertiary/aromatic N) is 1. The van der Waals surface area contributed by atoms with Gasteiger partial charge in [0.1, 0.15) is 5.82 Å². The third kappa shape index (κ3) is 5.15. The number of rotatable bonds is 6. The second kappa shape index (κ2) is 7.09. The van der Waals surface area contributed by atoms with E-state index in [-0.39, 0.29) is 5.82 Å². The van der Waals surface area contributed by atoms with Gasteiger partial charge in [-0.2, -0.15) is 0 Å². The van der Waals surface area contributed by atoms with Gasteiger partial charge < -0.3 is 10.2 Å². The highest BCUT2D eigenvalue weighted by atomic mass is 79.9. The predicted octanol–water partition coefficient (Wildman–Crippen LogP) is 2.67. The summed E-state index contributed by atoms with van der Waals surface area (Å²) < 4.78 is 13.7. The lowest BCUT2D eigenvalue weighted by molar-refractivity contribution is 0.339. The Kier molecular flexibility index (Phi) is 6.09. The molecule has 1 unspecified atom stereocenters. The monoisotopic (exact) mass is 302 g/mol. The van der Waals surface area contributed by atoms with Crippen molar-refractivity contribution in [2.24, 2.45) is 0 Å². The second-order valence-electron chi connectivity index (χ2n) is 4.47. The third-order valence-corrected chi connectivity index (χ3v) is 3.15. The van der Waals surface area contributed by atoms with Crippen LogP contribution < -0.4 is 5.32 Å². The van der Waals surface area contributed by atoms with Crippen molar-refractivity contribution in [3.05, 3.63) is 34.1 Å². The van der Waals surface area contributed by atoms with Gasteiger partial charge in [-0.25, -0.2) is 4.39 Å². The Labute approximate surface area is 111 Å². The number of halogens is 2. The molecule has 17 heavy (non-hydrogen) atoms. The summed E-state index contributed by atoms with van der Waals surface area (Å²) in [6, 6.07) is 5.61. The van der Waals surface area contributed by atoms with Crippen molar-refractivity contribution < 1.29 is 4.39 Å². The number of likely N-dealkylation sites (N-methyl/N-ethyl adjacent to an activating group) is 2. The van der Waals surface area contributed by atoms with E-state index in [1.165, 1.54) is 6.07 Å². The van der Waals surface area contributed by atoms with E-state index < -0.39 is 0 Å². The molecule has 0 saturated heterocycles. The van der Waals surface area contributed by atoms with Crippen molar-refractivity contribution in [1.82, 2.24) is 10.2 Å². The molecule has 0 aliphatic rings. The Hall–Kier alpha value is -0.450. The lowest BCUT2D eigenvalue weighted by atomic mass is 10.1. The van der Waals surface area contributed by atoms with Crippen molar-refractivity contribution in [2.75, 3.05) is 27.2 Å². The van der Waals surface area contributed by atoms with Crippen molar-refractivity contribution >= 4 is 15.9 Å². The van der Waals surface area contributed by atoms with Crippen LogP contribution in [0.5, 0.6) is 0 Å². The first-order chi connectivity index (χ1) is 8.02. The molecule has 0 fully saturated rings. The molecule has 96 valence electrons. The third-order valence-electron chi connectivity index (χ3n) is 2.54. The van der Waals surface area contributed by atoms with Gasteiger partial charge in [-0.3, -0.25) is 0 Å².